The Kier molecular flexibility index (Phi) is 3.74. The van der Waals surface area contributed by atoms with Crippen molar-refractivity contribution >= 4 is 11.4 Å². The molecule has 1 aliphatic rings. The zero-order valence-corrected chi connectivity index (χ0v) is 12.7. The molecule has 0 unspecified atom stereocenters. The van der Waals surface area contributed by atoms with E-state index >= 15 is 0 Å². The topological polar surface area (TPSA) is 44.3 Å². The minimum atomic E-state index is 0.383. The Morgan fingerprint density at radius 3 is 2.90 bits per heavy atom. The van der Waals surface area contributed by atoms with Gasteiger partial charge in [-0.3, -0.25) is 0 Å². The van der Waals surface area contributed by atoms with Crippen LogP contribution < -0.4 is 10.6 Å². The fourth-order valence-electron chi connectivity index (χ4n) is 2.95. The standard InChI is InChI=1S/C18H22N2O/c1-12-8-9-16(13(2)18(12)21)20-11-15-6-3-5-14-7-4-10-19-17(14)15/h3,5-6,8-9,19-21H,4,7,10-11H2,1-2H3. The molecule has 1 aliphatic heterocycles. The highest BCUT2D eigenvalue weighted by molar-refractivity contribution is 5.62. The fourth-order valence-corrected chi connectivity index (χ4v) is 2.95. The normalized spacial score (nSPS) is 13.4. The first-order valence-corrected chi connectivity index (χ1v) is 7.54. The highest BCUT2D eigenvalue weighted by Gasteiger charge is 2.12. The Morgan fingerprint density at radius 1 is 1.19 bits per heavy atom. The van der Waals surface area contributed by atoms with Crippen LogP contribution in [0.2, 0.25) is 0 Å². The lowest BCUT2D eigenvalue weighted by Crippen LogP contribution is -2.15. The van der Waals surface area contributed by atoms with Crippen LogP contribution in [0, 0.1) is 13.8 Å². The van der Waals surface area contributed by atoms with E-state index in [-0.39, 0.29) is 0 Å². The molecular formula is C18H22N2O. The zero-order chi connectivity index (χ0) is 14.8. The Bertz CT molecular complexity index is 665. The number of para-hydroxylation sites is 1. The van der Waals surface area contributed by atoms with Gasteiger partial charge in [-0.1, -0.05) is 24.3 Å². The van der Waals surface area contributed by atoms with Crippen molar-refractivity contribution in [3.8, 4) is 5.75 Å². The molecule has 0 fully saturated rings. The molecule has 0 amide bonds. The average molecular weight is 282 g/mol. The van der Waals surface area contributed by atoms with Crippen LogP contribution in [0.3, 0.4) is 0 Å². The molecule has 0 aliphatic carbocycles. The van der Waals surface area contributed by atoms with Gasteiger partial charge in [0.1, 0.15) is 5.75 Å². The van der Waals surface area contributed by atoms with Crippen molar-refractivity contribution < 1.29 is 5.11 Å². The quantitative estimate of drug-likeness (QED) is 0.798. The molecule has 1 heterocycles. The number of nitrogens with one attached hydrogen (secondary N) is 2. The van der Waals surface area contributed by atoms with Gasteiger partial charge in [-0.05, 0) is 49.4 Å². The van der Waals surface area contributed by atoms with Crippen molar-refractivity contribution in [1.29, 1.82) is 0 Å². The first-order chi connectivity index (χ1) is 10.2. The molecule has 0 bridgehead atoms. The molecule has 0 atom stereocenters. The van der Waals surface area contributed by atoms with Gasteiger partial charge in [-0.15, -0.1) is 0 Å². The molecule has 0 aromatic heterocycles. The number of aromatic hydroxyl groups is 1. The molecule has 0 radical (unpaired) electrons. The SMILES string of the molecule is Cc1ccc(NCc2cccc3c2NCCC3)c(C)c1O. The first kappa shape index (κ1) is 13.8. The number of aryl methyl sites for hydroxylation is 2. The number of phenols is 1. The second-order valence-corrected chi connectivity index (χ2v) is 5.74. The lowest BCUT2D eigenvalue weighted by Gasteiger charge is -2.22. The van der Waals surface area contributed by atoms with E-state index < -0.39 is 0 Å². The number of rotatable bonds is 3. The molecule has 3 rings (SSSR count). The number of phenolic OH excluding ortho intramolecular Hbond substituents is 1. The van der Waals surface area contributed by atoms with Crippen LogP contribution in [-0.2, 0) is 13.0 Å². The van der Waals surface area contributed by atoms with E-state index in [9.17, 15) is 5.11 Å². The maximum absolute atomic E-state index is 10.0. The second kappa shape index (κ2) is 5.68. The van der Waals surface area contributed by atoms with Crippen molar-refractivity contribution in [3.05, 3.63) is 52.6 Å². The van der Waals surface area contributed by atoms with Crippen LogP contribution >= 0.6 is 0 Å². The predicted molar refractivity (Wildman–Crippen MR) is 88.2 cm³/mol. The molecule has 110 valence electrons. The van der Waals surface area contributed by atoms with Gasteiger partial charge >= 0.3 is 0 Å². The Labute approximate surface area is 126 Å². The molecule has 2 aromatic carbocycles. The van der Waals surface area contributed by atoms with Crippen LogP contribution in [0.25, 0.3) is 0 Å². The third-order valence-corrected chi connectivity index (χ3v) is 4.26. The summed E-state index contributed by atoms with van der Waals surface area (Å²) in [6.45, 7) is 5.68. The molecule has 0 saturated carbocycles. The van der Waals surface area contributed by atoms with Gasteiger partial charge in [0, 0.05) is 30.0 Å². The minimum Gasteiger partial charge on any atom is -0.507 e. The monoisotopic (exact) mass is 282 g/mol. The minimum absolute atomic E-state index is 0.383. The van der Waals surface area contributed by atoms with E-state index in [1.165, 1.54) is 23.2 Å². The summed E-state index contributed by atoms with van der Waals surface area (Å²) in [6.07, 6.45) is 2.36. The van der Waals surface area contributed by atoms with Crippen LogP contribution in [0.4, 0.5) is 11.4 Å². The summed E-state index contributed by atoms with van der Waals surface area (Å²) in [5.74, 6) is 0.383. The highest BCUT2D eigenvalue weighted by atomic mass is 16.3. The smallest absolute Gasteiger partial charge is 0.123 e. The van der Waals surface area contributed by atoms with Gasteiger partial charge in [0.05, 0.1) is 0 Å². The maximum Gasteiger partial charge on any atom is 0.123 e. The first-order valence-electron chi connectivity index (χ1n) is 7.54. The summed E-state index contributed by atoms with van der Waals surface area (Å²) in [7, 11) is 0. The summed E-state index contributed by atoms with van der Waals surface area (Å²) in [5.41, 5.74) is 6.79. The van der Waals surface area contributed by atoms with E-state index in [1.807, 2.05) is 26.0 Å². The van der Waals surface area contributed by atoms with Crippen LogP contribution in [0.15, 0.2) is 30.3 Å². The van der Waals surface area contributed by atoms with Crippen LogP contribution in [-0.4, -0.2) is 11.7 Å². The van der Waals surface area contributed by atoms with E-state index in [2.05, 4.69) is 28.8 Å². The largest absolute Gasteiger partial charge is 0.507 e. The van der Waals surface area contributed by atoms with Gasteiger partial charge in [0.2, 0.25) is 0 Å². The van der Waals surface area contributed by atoms with E-state index in [0.29, 0.717) is 5.75 Å². The van der Waals surface area contributed by atoms with Crippen molar-refractivity contribution in [2.75, 3.05) is 17.2 Å². The van der Waals surface area contributed by atoms with Crippen molar-refractivity contribution in [2.24, 2.45) is 0 Å². The molecule has 2 aromatic rings. The van der Waals surface area contributed by atoms with Gasteiger partial charge in [0.25, 0.3) is 0 Å². The summed E-state index contributed by atoms with van der Waals surface area (Å²) in [4.78, 5) is 0. The highest BCUT2D eigenvalue weighted by Crippen LogP contribution is 2.30. The number of hydrogen-bond acceptors (Lipinski definition) is 3. The van der Waals surface area contributed by atoms with Gasteiger partial charge < -0.3 is 15.7 Å². The number of hydrogen-bond donors (Lipinski definition) is 3. The van der Waals surface area contributed by atoms with E-state index in [1.54, 1.807) is 0 Å². The lowest BCUT2D eigenvalue weighted by molar-refractivity contribution is 0.467. The molecular weight excluding hydrogens is 260 g/mol. The molecule has 3 N–H and O–H groups in total. The fraction of sp³-hybridized carbons (Fsp3) is 0.333. The van der Waals surface area contributed by atoms with Crippen LogP contribution in [0.1, 0.15) is 28.7 Å². The van der Waals surface area contributed by atoms with Gasteiger partial charge in [-0.2, -0.15) is 0 Å². The average Bonchev–Trinajstić information content (AvgIpc) is 2.52. The predicted octanol–water partition coefficient (Wildman–Crippen LogP) is 3.98. The Morgan fingerprint density at radius 2 is 2.05 bits per heavy atom. The van der Waals surface area contributed by atoms with Crippen molar-refractivity contribution in [2.45, 2.75) is 33.2 Å². The third kappa shape index (κ3) is 2.68. The summed E-state index contributed by atoms with van der Waals surface area (Å²) >= 11 is 0. The van der Waals surface area contributed by atoms with E-state index in [0.717, 1.165) is 36.3 Å². The number of fused-ring (bicyclic) bond motifs is 1. The van der Waals surface area contributed by atoms with Gasteiger partial charge in [-0.25, -0.2) is 0 Å². The van der Waals surface area contributed by atoms with Crippen molar-refractivity contribution in [1.82, 2.24) is 0 Å². The molecule has 3 heteroatoms. The molecule has 21 heavy (non-hydrogen) atoms. The Hall–Kier alpha value is -2.16. The molecule has 0 spiro atoms. The molecule has 3 nitrogen and oxygen atoms in total. The summed E-state index contributed by atoms with van der Waals surface area (Å²) < 4.78 is 0. The van der Waals surface area contributed by atoms with Crippen LogP contribution in [0.5, 0.6) is 5.75 Å². The number of benzene rings is 2. The van der Waals surface area contributed by atoms with Crippen molar-refractivity contribution in [3.63, 3.8) is 0 Å². The molecule has 0 saturated heterocycles. The van der Waals surface area contributed by atoms with Gasteiger partial charge in [0.15, 0.2) is 0 Å². The Balaban J connectivity index is 1.81. The van der Waals surface area contributed by atoms with E-state index in [4.69, 9.17) is 0 Å². The summed E-state index contributed by atoms with van der Waals surface area (Å²) in [6, 6.07) is 10.5. The summed E-state index contributed by atoms with van der Waals surface area (Å²) in [5, 5.41) is 17.0. The lowest BCUT2D eigenvalue weighted by atomic mass is 9.99. The maximum atomic E-state index is 10.0. The second-order valence-electron chi connectivity index (χ2n) is 5.74. The zero-order valence-electron chi connectivity index (χ0n) is 12.7. The number of anilines is 2. The third-order valence-electron chi connectivity index (χ3n) is 4.26.